The zero-order chi connectivity index (χ0) is 18.8. The number of Topliss-reactive ketones (excluding diaryl/α,β-unsaturated/α-hetero) is 1. The second-order valence-corrected chi connectivity index (χ2v) is 6.59. The summed E-state index contributed by atoms with van der Waals surface area (Å²) >= 11 is 0. The number of nitro benzene ring substituents is 1. The molecule has 1 saturated carbocycles. The van der Waals surface area contributed by atoms with Gasteiger partial charge in [-0.3, -0.25) is 14.9 Å². The number of ketones is 1. The highest BCUT2D eigenvalue weighted by atomic mass is 16.6. The minimum atomic E-state index is -0.956. The summed E-state index contributed by atoms with van der Waals surface area (Å²) in [4.78, 5) is 35.1. The van der Waals surface area contributed by atoms with Crippen molar-refractivity contribution in [1.29, 1.82) is 0 Å². The van der Waals surface area contributed by atoms with E-state index in [1.165, 1.54) is 30.3 Å². The first kappa shape index (κ1) is 18.6. The fourth-order valence-electron chi connectivity index (χ4n) is 2.92. The predicted molar refractivity (Wildman–Crippen MR) is 93.1 cm³/mol. The topological polar surface area (TPSA) is 86.5 Å². The zero-order valence-electron chi connectivity index (χ0n) is 14.4. The van der Waals surface area contributed by atoms with E-state index in [0.29, 0.717) is 12.8 Å². The highest BCUT2D eigenvalue weighted by molar-refractivity contribution is 5.92. The number of nitro groups is 1. The number of rotatable bonds is 5. The van der Waals surface area contributed by atoms with Crippen LogP contribution in [0.2, 0.25) is 0 Å². The Morgan fingerprint density at radius 2 is 2.00 bits per heavy atom. The predicted octanol–water partition coefficient (Wildman–Crippen LogP) is 3.87. The summed E-state index contributed by atoms with van der Waals surface area (Å²) in [6, 6.07) is 5.16. The van der Waals surface area contributed by atoms with Crippen LogP contribution in [0.3, 0.4) is 0 Å². The van der Waals surface area contributed by atoms with Crippen LogP contribution in [-0.4, -0.2) is 22.8 Å². The van der Waals surface area contributed by atoms with Gasteiger partial charge in [0.15, 0.2) is 0 Å². The lowest BCUT2D eigenvalue weighted by Crippen LogP contribution is -2.47. The summed E-state index contributed by atoms with van der Waals surface area (Å²) in [5.41, 5.74) is 0.00276. The van der Waals surface area contributed by atoms with Gasteiger partial charge in [0.1, 0.15) is 11.9 Å². The highest BCUT2D eigenvalue weighted by Crippen LogP contribution is 2.41. The molecule has 1 aliphatic carbocycles. The van der Waals surface area contributed by atoms with Gasteiger partial charge in [-0.05, 0) is 38.3 Å². The average molecular weight is 343 g/mol. The van der Waals surface area contributed by atoms with E-state index in [4.69, 9.17) is 4.74 Å². The smallest absolute Gasteiger partial charge is 0.338 e. The monoisotopic (exact) mass is 343 g/mol. The molecule has 6 heteroatoms. The Morgan fingerprint density at radius 1 is 1.40 bits per heavy atom. The second kappa shape index (κ2) is 7.01. The lowest BCUT2D eigenvalue weighted by Gasteiger charge is -2.40. The van der Waals surface area contributed by atoms with Gasteiger partial charge in [0.25, 0.3) is 5.69 Å². The first-order valence-electron chi connectivity index (χ1n) is 7.96. The molecule has 0 radical (unpaired) electrons. The second-order valence-electron chi connectivity index (χ2n) is 6.59. The van der Waals surface area contributed by atoms with Gasteiger partial charge in [0, 0.05) is 18.6 Å². The Balaban J connectivity index is 2.23. The molecule has 0 unspecified atom stereocenters. The van der Waals surface area contributed by atoms with Crippen molar-refractivity contribution in [3.63, 3.8) is 0 Å². The third kappa shape index (κ3) is 3.68. The molecule has 0 bridgehead atoms. The molecule has 1 aromatic carbocycles. The van der Waals surface area contributed by atoms with E-state index in [0.717, 1.165) is 5.57 Å². The van der Waals surface area contributed by atoms with Crippen molar-refractivity contribution in [3.8, 4) is 0 Å². The van der Waals surface area contributed by atoms with Gasteiger partial charge in [-0.2, -0.15) is 0 Å². The normalized spacial score (nSPS) is 25.9. The van der Waals surface area contributed by atoms with Gasteiger partial charge in [-0.1, -0.05) is 18.2 Å². The Labute approximate surface area is 146 Å². The van der Waals surface area contributed by atoms with Crippen molar-refractivity contribution < 1.29 is 19.2 Å². The molecule has 6 nitrogen and oxygen atoms in total. The Morgan fingerprint density at radius 3 is 2.48 bits per heavy atom. The molecular weight excluding hydrogens is 322 g/mol. The van der Waals surface area contributed by atoms with Crippen molar-refractivity contribution in [2.75, 3.05) is 0 Å². The van der Waals surface area contributed by atoms with Gasteiger partial charge < -0.3 is 4.74 Å². The molecule has 0 saturated heterocycles. The van der Waals surface area contributed by atoms with Crippen LogP contribution in [0.1, 0.15) is 37.0 Å². The van der Waals surface area contributed by atoms with Gasteiger partial charge >= 0.3 is 5.97 Å². The third-order valence-corrected chi connectivity index (χ3v) is 4.88. The number of non-ortho nitro benzene ring substituents is 1. The minimum Gasteiger partial charge on any atom is -0.457 e. The molecule has 3 atom stereocenters. The van der Waals surface area contributed by atoms with Crippen molar-refractivity contribution >= 4 is 17.4 Å². The third-order valence-electron chi connectivity index (χ3n) is 4.88. The first-order chi connectivity index (χ1) is 11.7. The fraction of sp³-hybridized carbons (Fsp3) is 0.368. The van der Waals surface area contributed by atoms with Crippen LogP contribution >= 0.6 is 0 Å². The SMILES string of the molecule is C=C[C@]1(C)C(=O)C[C@H](C(=C)C)C[C@@H]1OC(=O)c1ccc([N+](=O)[O-])cc1. The molecule has 0 spiro atoms. The van der Waals surface area contributed by atoms with Crippen molar-refractivity contribution in [2.45, 2.75) is 32.8 Å². The van der Waals surface area contributed by atoms with E-state index in [1.807, 2.05) is 6.92 Å². The number of benzene rings is 1. The lowest BCUT2D eigenvalue weighted by molar-refractivity contribution is -0.384. The number of esters is 1. The summed E-state index contributed by atoms with van der Waals surface area (Å²) in [6.07, 6.45) is 1.71. The number of ether oxygens (including phenoxy) is 1. The number of carbonyl (C=O) groups is 2. The molecule has 25 heavy (non-hydrogen) atoms. The molecule has 0 amide bonds. The summed E-state index contributed by atoms with van der Waals surface area (Å²) in [5.74, 6) is -0.707. The minimum absolute atomic E-state index is 0.0387. The van der Waals surface area contributed by atoms with Crippen molar-refractivity contribution in [3.05, 3.63) is 64.8 Å². The fourth-order valence-corrected chi connectivity index (χ4v) is 2.92. The Bertz CT molecular complexity index is 737. The van der Waals surface area contributed by atoms with E-state index in [9.17, 15) is 19.7 Å². The maximum Gasteiger partial charge on any atom is 0.338 e. The number of allylic oxidation sites excluding steroid dienone is 1. The lowest BCUT2D eigenvalue weighted by atomic mass is 9.67. The van der Waals surface area contributed by atoms with Gasteiger partial charge in [0.05, 0.1) is 15.9 Å². The van der Waals surface area contributed by atoms with Crippen LogP contribution in [0.5, 0.6) is 0 Å². The molecule has 0 aromatic heterocycles. The van der Waals surface area contributed by atoms with E-state index in [2.05, 4.69) is 13.2 Å². The summed E-state index contributed by atoms with van der Waals surface area (Å²) in [6.45, 7) is 11.2. The Hall–Kier alpha value is -2.76. The van der Waals surface area contributed by atoms with E-state index < -0.39 is 22.4 Å². The maximum absolute atomic E-state index is 12.5. The van der Waals surface area contributed by atoms with Crippen LogP contribution in [0.4, 0.5) is 5.69 Å². The summed E-state index contributed by atoms with van der Waals surface area (Å²) in [5, 5.41) is 10.7. The van der Waals surface area contributed by atoms with Crippen LogP contribution in [0, 0.1) is 21.4 Å². The molecule has 0 N–H and O–H groups in total. The molecule has 0 heterocycles. The van der Waals surface area contributed by atoms with Crippen LogP contribution in [0.15, 0.2) is 49.1 Å². The van der Waals surface area contributed by atoms with Crippen molar-refractivity contribution in [2.24, 2.45) is 11.3 Å². The first-order valence-corrected chi connectivity index (χ1v) is 7.96. The Kier molecular flexibility index (Phi) is 5.21. The molecule has 1 fully saturated rings. The number of carbonyl (C=O) groups excluding carboxylic acids is 2. The molecule has 0 aliphatic heterocycles. The standard InChI is InChI=1S/C19H21NO5/c1-5-19(4)16(21)10-14(12(2)3)11-17(19)25-18(22)13-6-8-15(9-7-13)20(23)24/h5-9,14,17H,1-2,10-11H2,3-4H3/t14-,17-,19+/m0/s1. The number of hydrogen-bond donors (Lipinski definition) is 0. The van der Waals surface area contributed by atoms with Crippen LogP contribution in [-0.2, 0) is 9.53 Å². The highest BCUT2D eigenvalue weighted by Gasteiger charge is 2.46. The summed E-state index contributed by atoms with van der Waals surface area (Å²) < 4.78 is 5.59. The number of nitrogens with zero attached hydrogens (tertiary/aromatic N) is 1. The van der Waals surface area contributed by atoms with Gasteiger partial charge in [0.2, 0.25) is 0 Å². The quantitative estimate of drug-likeness (QED) is 0.350. The molecule has 132 valence electrons. The van der Waals surface area contributed by atoms with E-state index in [-0.39, 0.29) is 23.0 Å². The van der Waals surface area contributed by atoms with E-state index >= 15 is 0 Å². The van der Waals surface area contributed by atoms with Crippen molar-refractivity contribution in [1.82, 2.24) is 0 Å². The molecule has 1 aliphatic rings. The van der Waals surface area contributed by atoms with E-state index in [1.54, 1.807) is 6.92 Å². The van der Waals surface area contributed by atoms with Gasteiger partial charge in [-0.15, -0.1) is 6.58 Å². The average Bonchev–Trinajstić information content (AvgIpc) is 2.58. The molecule has 1 aromatic rings. The summed E-state index contributed by atoms with van der Waals surface area (Å²) in [7, 11) is 0. The largest absolute Gasteiger partial charge is 0.457 e. The maximum atomic E-state index is 12.5. The van der Waals surface area contributed by atoms with Gasteiger partial charge in [-0.25, -0.2) is 4.79 Å². The molecule has 2 rings (SSSR count). The number of hydrogen-bond acceptors (Lipinski definition) is 5. The zero-order valence-corrected chi connectivity index (χ0v) is 14.4. The van der Waals surface area contributed by atoms with Crippen LogP contribution in [0.25, 0.3) is 0 Å². The van der Waals surface area contributed by atoms with Crippen LogP contribution < -0.4 is 0 Å². The molecular formula is C19H21NO5.